The maximum atomic E-state index is 12.1. The third-order valence-electron chi connectivity index (χ3n) is 3.60. The van der Waals surface area contributed by atoms with Crippen LogP contribution in [0.25, 0.3) is 0 Å². The topological polar surface area (TPSA) is 70.4 Å². The number of methoxy groups -OCH3 is 1. The lowest BCUT2D eigenvalue weighted by molar-refractivity contribution is 0.0739. The number of benzene rings is 1. The molecule has 0 N–H and O–H groups in total. The molecule has 108 valence electrons. The van der Waals surface area contributed by atoms with Crippen LogP contribution in [0.5, 0.6) is 0 Å². The second kappa shape index (κ2) is 5.92. The van der Waals surface area contributed by atoms with Crippen LogP contribution in [0.1, 0.15) is 23.1 Å². The molecular formula is C14H18N2O3S. The fraction of sp³-hybridized carbons (Fsp3) is 0.500. The molecule has 1 aromatic carbocycles. The molecule has 1 unspecified atom stereocenters. The number of nitrogens with zero attached hydrogens (tertiary/aromatic N) is 2. The first-order chi connectivity index (χ1) is 9.46. The summed E-state index contributed by atoms with van der Waals surface area (Å²) in [7, 11) is -1.60. The van der Waals surface area contributed by atoms with E-state index in [1.165, 1.54) is 4.31 Å². The Morgan fingerprint density at radius 2 is 2.25 bits per heavy atom. The summed E-state index contributed by atoms with van der Waals surface area (Å²) >= 11 is 0. The summed E-state index contributed by atoms with van der Waals surface area (Å²) in [6.45, 7) is 2.57. The molecule has 0 aliphatic carbocycles. The minimum atomic E-state index is -3.20. The fourth-order valence-corrected chi connectivity index (χ4v) is 3.91. The molecule has 1 aliphatic rings. The first-order valence-corrected chi connectivity index (χ1v) is 8.07. The second-order valence-corrected chi connectivity index (χ2v) is 7.10. The van der Waals surface area contributed by atoms with Crippen LogP contribution < -0.4 is 0 Å². The van der Waals surface area contributed by atoms with Gasteiger partial charge in [0.25, 0.3) is 0 Å². The zero-order valence-electron chi connectivity index (χ0n) is 11.7. The highest BCUT2D eigenvalue weighted by Gasteiger charge is 2.31. The van der Waals surface area contributed by atoms with E-state index in [1.54, 1.807) is 19.2 Å². The van der Waals surface area contributed by atoms with Gasteiger partial charge < -0.3 is 4.74 Å². The van der Waals surface area contributed by atoms with E-state index in [0.29, 0.717) is 25.1 Å². The van der Waals surface area contributed by atoms with E-state index in [9.17, 15) is 8.42 Å². The quantitative estimate of drug-likeness (QED) is 0.845. The van der Waals surface area contributed by atoms with E-state index in [0.717, 1.165) is 11.1 Å². The molecule has 1 atom stereocenters. The van der Waals surface area contributed by atoms with Crippen LogP contribution in [0.3, 0.4) is 0 Å². The summed E-state index contributed by atoms with van der Waals surface area (Å²) < 4.78 is 30.9. The van der Waals surface area contributed by atoms with Crippen LogP contribution in [-0.4, -0.2) is 38.2 Å². The van der Waals surface area contributed by atoms with Crippen molar-refractivity contribution in [3.8, 4) is 6.07 Å². The first-order valence-electron chi connectivity index (χ1n) is 6.46. The highest BCUT2D eigenvalue weighted by Crippen LogP contribution is 2.20. The molecule has 0 radical (unpaired) electrons. The molecule has 1 aromatic rings. The summed E-state index contributed by atoms with van der Waals surface area (Å²) in [5, 5.41) is 8.91. The highest BCUT2D eigenvalue weighted by molar-refractivity contribution is 7.89. The zero-order valence-corrected chi connectivity index (χ0v) is 12.5. The van der Waals surface area contributed by atoms with E-state index in [2.05, 4.69) is 6.07 Å². The van der Waals surface area contributed by atoms with Crippen molar-refractivity contribution < 1.29 is 13.2 Å². The average Bonchev–Trinajstić information content (AvgIpc) is 2.41. The van der Waals surface area contributed by atoms with E-state index in [4.69, 9.17) is 10.00 Å². The molecule has 1 heterocycles. The molecule has 5 nitrogen and oxygen atoms in total. The number of hydrogen-bond acceptors (Lipinski definition) is 4. The third kappa shape index (κ3) is 3.18. The van der Waals surface area contributed by atoms with Gasteiger partial charge in [-0.25, -0.2) is 8.42 Å². The monoisotopic (exact) mass is 294 g/mol. The van der Waals surface area contributed by atoms with Crippen LogP contribution in [0.4, 0.5) is 0 Å². The zero-order chi connectivity index (χ0) is 14.8. The van der Waals surface area contributed by atoms with Crippen molar-refractivity contribution in [1.82, 2.24) is 4.31 Å². The lowest BCUT2D eigenvalue weighted by Gasteiger charge is -2.31. The van der Waals surface area contributed by atoms with Crippen LogP contribution in [0, 0.1) is 18.3 Å². The smallest absolute Gasteiger partial charge is 0.214 e. The molecule has 0 amide bonds. The van der Waals surface area contributed by atoms with Crippen LogP contribution in [0.2, 0.25) is 0 Å². The minimum absolute atomic E-state index is 0.0435. The van der Waals surface area contributed by atoms with Gasteiger partial charge in [0.15, 0.2) is 0 Å². The van der Waals surface area contributed by atoms with Gasteiger partial charge in [0.2, 0.25) is 10.0 Å². The molecule has 20 heavy (non-hydrogen) atoms. The van der Waals surface area contributed by atoms with Crippen LogP contribution in [0.15, 0.2) is 18.2 Å². The predicted molar refractivity (Wildman–Crippen MR) is 75.5 cm³/mol. The largest absolute Gasteiger partial charge is 0.380 e. The standard InChI is InChI=1S/C14H18N2O3S/c1-11-7-12(3-4-13(11)8-15)9-16-10-14(19-2)5-6-20(16,17)18/h3-4,7,14H,5-6,9-10H2,1-2H3. The van der Waals surface area contributed by atoms with Crippen molar-refractivity contribution in [1.29, 1.82) is 5.26 Å². The summed E-state index contributed by atoms with van der Waals surface area (Å²) in [5.41, 5.74) is 2.37. The predicted octanol–water partition coefficient (Wildman–Crippen LogP) is 1.42. The normalized spacial score (nSPS) is 22.4. The Balaban J connectivity index is 2.19. The van der Waals surface area contributed by atoms with Crippen molar-refractivity contribution in [3.05, 3.63) is 34.9 Å². The average molecular weight is 294 g/mol. The molecule has 6 heteroatoms. The van der Waals surface area contributed by atoms with Gasteiger partial charge in [0, 0.05) is 20.2 Å². The van der Waals surface area contributed by atoms with Gasteiger partial charge >= 0.3 is 0 Å². The number of nitriles is 1. The first kappa shape index (κ1) is 15.0. The van der Waals surface area contributed by atoms with Crippen molar-refractivity contribution in [3.63, 3.8) is 0 Å². The maximum Gasteiger partial charge on any atom is 0.214 e. The lowest BCUT2D eigenvalue weighted by atomic mass is 10.1. The van der Waals surface area contributed by atoms with Gasteiger partial charge in [-0.15, -0.1) is 0 Å². The molecule has 0 spiro atoms. The number of hydrogen-bond donors (Lipinski definition) is 0. The van der Waals surface area contributed by atoms with Crippen LogP contribution in [-0.2, 0) is 21.3 Å². The molecule has 0 bridgehead atoms. The summed E-state index contributed by atoms with van der Waals surface area (Å²) in [6.07, 6.45) is 0.500. The van der Waals surface area contributed by atoms with E-state index >= 15 is 0 Å². The molecule has 0 saturated carbocycles. The molecule has 0 aromatic heterocycles. The van der Waals surface area contributed by atoms with Crippen LogP contribution >= 0.6 is 0 Å². The molecule has 2 rings (SSSR count). The molecular weight excluding hydrogens is 276 g/mol. The van der Waals surface area contributed by atoms with E-state index in [-0.39, 0.29) is 11.9 Å². The lowest BCUT2D eigenvalue weighted by Crippen LogP contribution is -2.44. The van der Waals surface area contributed by atoms with Crippen molar-refractivity contribution in [2.24, 2.45) is 0 Å². The Bertz CT molecular complexity index is 634. The molecule has 1 saturated heterocycles. The second-order valence-electron chi connectivity index (χ2n) is 5.02. The van der Waals surface area contributed by atoms with E-state index in [1.807, 2.05) is 13.0 Å². The Kier molecular flexibility index (Phi) is 4.43. The van der Waals surface area contributed by atoms with Gasteiger partial charge in [-0.05, 0) is 30.5 Å². The summed E-state index contributed by atoms with van der Waals surface area (Å²) in [4.78, 5) is 0. The van der Waals surface area contributed by atoms with Gasteiger partial charge in [0.05, 0.1) is 23.5 Å². The highest BCUT2D eigenvalue weighted by atomic mass is 32.2. The van der Waals surface area contributed by atoms with Gasteiger partial charge in [-0.3, -0.25) is 0 Å². The summed E-state index contributed by atoms with van der Waals surface area (Å²) in [6, 6.07) is 7.51. The Morgan fingerprint density at radius 1 is 1.50 bits per heavy atom. The Hall–Kier alpha value is -1.42. The molecule has 1 fully saturated rings. The number of sulfonamides is 1. The fourth-order valence-electron chi connectivity index (χ4n) is 2.35. The van der Waals surface area contributed by atoms with Crippen molar-refractivity contribution >= 4 is 10.0 Å². The minimum Gasteiger partial charge on any atom is -0.380 e. The summed E-state index contributed by atoms with van der Waals surface area (Å²) in [5.74, 6) is 0.126. The van der Waals surface area contributed by atoms with Gasteiger partial charge in [-0.1, -0.05) is 12.1 Å². The van der Waals surface area contributed by atoms with Crippen molar-refractivity contribution in [2.45, 2.75) is 26.0 Å². The van der Waals surface area contributed by atoms with E-state index < -0.39 is 10.0 Å². The third-order valence-corrected chi connectivity index (χ3v) is 5.42. The number of ether oxygens (including phenoxy) is 1. The molecule has 1 aliphatic heterocycles. The van der Waals surface area contributed by atoms with Gasteiger partial charge in [0.1, 0.15) is 0 Å². The Labute approximate surface area is 119 Å². The maximum absolute atomic E-state index is 12.1. The van der Waals surface area contributed by atoms with Crippen molar-refractivity contribution in [2.75, 3.05) is 19.4 Å². The number of rotatable bonds is 3. The Morgan fingerprint density at radius 3 is 2.85 bits per heavy atom. The number of aryl methyl sites for hydroxylation is 1. The van der Waals surface area contributed by atoms with Gasteiger partial charge in [-0.2, -0.15) is 9.57 Å². The SMILES string of the molecule is COC1CCS(=O)(=O)N(Cc2ccc(C#N)c(C)c2)C1.